The Morgan fingerprint density at radius 1 is 1.47 bits per heavy atom. The normalized spacial score (nSPS) is 11.5. The molecule has 0 aliphatic heterocycles. The monoisotopic (exact) mass is 291 g/mol. The molecule has 0 radical (unpaired) electrons. The van der Waals surface area contributed by atoms with Crippen LogP contribution in [-0.2, 0) is 0 Å². The predicted molar refractivity (Wildman–Crippen MR) is 68.6 cm³/mol. The second-order valence-corrected chi connectivity index (χ2v) is 5.29. The van der Waals surface area contributed by atoms with Gasteiger partial charge in [-0.1, -0.05) is 17.7 Å². The molecule has 0 aliphatic rings. The second-order valence-electron chi connectivity index (χ2n) is 4.09. The van der Waals surface area contributed by atoms with Gasteiger partial charge in [-0.2, -0.15) is 0 Å². The van der Waals surface area contributed by atoms with Gasteiger partial charge >= 0.3 is 0 Å². The molecule has 0 aromatic heterocycles. The van der Waals surface area contributed by atoms with Gasteiger partial charge in [0.15, 0.2) is 0 Å². The van der Waals surface area contributed by atoms with E-state index >= 15 is 0 Å². The molecule has 84 valence electrons. The fourth-order valence-electron chi connectivity index (χ4n) is 1.14. The van der Waals surface area contributed by atoms with Gasteiger partial charge in [-0.15, -0.1) is 0 Å². The van der Waals surface area contributed by atoms with E-state index in [0.29, 0.717) is 18.0 Å². The Morgan fingerprint density at radius 3 is 2.73 bits per heavy atom. The summed E-state index contributed by atoms with van der Waals surface area (Å²) in [7, 11) is 0. The van der Waals surface area contributed by atoms with Crippen LogP contribution in [0.3, 0.4) is 0 Å². The van der Waals surface area contributed by atoms with Crippen molar-refractivity contribution in [2.75, 3.05) is 11.9 Å². The summed E-state index contributed by atoms with van der Waals surface area (Å²) in [6, 6.07) is 5.66. The lowest BCUT2D eigenvalue weighted by molar-refractivity contribution is 0.0749. The van der Waals surface area contributed by atoms with Crippen LogP contribution in [0.25, 0.3) is 0 Å². The minimum absolute atomic E-state index is 0.641. The first kappa shape index (κ1) is 12.8. The zero-order chi connectivity index (χ0) is 11.5. The Bertz CT molecular complexity index is 336. The molecule has 0 fully saturated rings. The van der Waals surface area contributed by atoms with Crippen LogP contribution >= 0.6 is 27.5 Å². The van der Waals surface area contributed by atoms with Gasteiger partial charge in [0, 0.05) is 12.2 Å². The first-order valence-corrected chi connectivity index (χ1v) is 5.97. The fraction of sp³-hybridized carbons (Fsp3) is 0.455. The summed E-state index contributed by atoms with van der Waals surface area (Å²) in [5.41, 5.74) is 0.310. The lowest BCUT2D eigenvalue weighted by atomic mass is 10.1. The van der Waals surface area contributed by atoms with Gasteiger partial charge in [0.25, 0.3) is 0 Å². The molecule has 0 bridgehead atoms. The Kier molecular flexibility index (Phi) is 4.44. The molecular formula is C11H15BrClNO. The Morgan fingerprint density at radius 2 is 2.13 bits per heavy atom. The molecule has 4 heteroatoms. The number of aliphatic hydroxyl groups is 1. The highest BCUT2D eigenvalue weighted by Crippen LogP contribution is 2.30. The van der Waals surface area contributed by atoms with E-state index in [2.05, 4.69) is 21.2 Å². The predicted octanol–water partition coefficient (Wildman–Crippen LogP) is 3.68. The van der Waals surface area contributed by atoms with E-state index in [9.17, 15) is 5.11 Å². The summed E-state index contributed by atoms with van der Waals surface area (Å²) >= 11 is 9.35. The number of nitrogens with one attached hydrogen (secondary N) is 1. The van der Waals surface area contributed by atoms with Crippen LogP contribution in [0.1, 0.15) is 20.3 Å². The van der Waals surface area contributed by atoms with E-state index in [1.165, 1.54) is 0 Å². The summed E-state index contributed by atoms with van der Waals surface area (Å²) < 4.78 is 0.863. The molecule has 0 atom stereocenters. The minimum Gasteiger partial charge on any atom is -0.390 e. The number of anilines is 1. The second kappa shape index (κ2) is 5.19. The van der Waals surface area contributed by atoms with Crippen LogP contribution < -0.4 is 5.32 Å². The zero-order valence-corrected chi connectivity index (χ0v) is 11.2. The summed E-state index contributed by atoms with van der Waals surface area (Å²) in [4.78, 5) is 0. The van der Waals surface area contributed by atoms with Crippen molar-refractivity contribution in [3.05, 3.63) is 27.7 Å². The zero-order valence-electron chi connectivity index (χ0n) is 8.85. The average molecular weight is 293 g/mol. The van der Waals surface area contributed by atoms with Crippen molar-refractivity contribution in [3.63, 3.8) is 0 Å². The third-order valence-electron chi connectivity index (χ3n) is 2.00. The molecule has 1 rings (SSSR count). The topological polar surface area (TPSA) is 32.3 Å². The average Bonchev–Trinajstić information content (AvgIpc) is 2.10. The molecule has 2 N–H and O–H groups in total. The van der Waals surface area contributed by atoms with Crippen molar-refractivity contribution < 1.29 is 5.11 Å². The van der Waals surface area contributed by atoms with E-state index in [1.807, 2.05) is 18.2 Å². The van der Waals surface area contributed by atoms with Crippen molar-refractivity contribution in [2.24, 2.45) is 0 Å². The first-order valence-electron chi connectivity index (χ1n) is 4.80. The first-order chi connectivity index (χ1) is 6.90. The summed E-state index contributed by atoms with van der Waals surface area (Å²) in [5, 5.41) is 13.4. The molecule has 15 heavy (non-hydrogen) atoms. The molecular weight excluding hydrogens is 277 g/mol. The Balaban J connectivity index is 2.55. The van der Waals surface area contributed by atoms with Gasteiger partial charge in [0.2, 0.25) is 0 Å². The van der Waals surface area contributed by atoms with E-state index < -0.39 is 5.60 Å². The number of hydrogen-bond acceptors (Lipinski definition) is 2. The number of halogens is 2. The smallest absolute Gasteiger partial charge is 0.0608 e. The van der Waals surface area contributed by atoms with Gasteiger partial charge in [0.05, 0.1) is 15.1 Å². The highest BCUT2D eigenvalue weighted by atomic mass is 79.9. The van der Waals surface area contributed by atoms with E-state index in [0.717, 1.165) is 10.2 Å². The Labute approximate surface area is 104 Å². The SMILES string of the molecule is CC(C)(O)CCNc1cccc(Cl)c1Br. The molecule has 0 amide bonds. The molecule has 0 spiro atoms. The molecule has 1 aromatic rings. The molecule has 2 nitrogen and oxygen atoms in total. The van der Waals surface area contributed by atoms with E-state index in [-0.39, 0.29) is 0 Å². The van der Waals surface area contributed by atoms with Gasteiger partial charge in [-0.05, 0) is 48.3 Å². The van der Waals surface area contributed by atoms with Crippen LogP contribution in [0, 0.1) is 0 Å². The van der Waals surface area contributed by atoms with Crippen molar-refractivity contribution in [2.45, 2.75) is 25.9 Å². The summed E-state index contributed by atoms with van der Waals surface area (Å²) in [6.07, 6.45) is 0.686. The number of hydrogen-bond donors (Lipinski definition) is 2. The maximum absolute atomic E-state index is 9.54. The maximum atomic E-state index is 9.54. The van der Waals surface area contributed by atoms with Gasteiger partial charge in [-0.25, -0.2) is 0 Å². The molecule has 0 unspecified atom stereocenters. The van der Waals surface area contributed by atoms with Gasteiger partial charge < -0.3 is 10.4 Å². The van der Waals surface area contributed by atoms with E-state index in [4.69, 9.17) is 11.6 Å². The van der Waals surface area contributed by atoms with Crippen molar-refractivity contribution in [1.82, 2.24) is 0 Å². The summed E-state index contributed by atoms with van der Waals surface area (Å²) in [6.45, 7) is 4.30. The lowest BCUT2D eigenvalue weighted by Crippen LogP contribution is -2.22. The summed E-state index contributed by atoms with van der Waals surface area (Å²) in [5.74, 6) is 0. The third kappa shape index (κ3) is 4.41. The maximum Gasteiger partial charge on any atom is 0.0608 e. The quantitative estimate of drug-likeness (QED) is 0.887. The number of benzene rings is 1. The van der Waals surface area contributed by atoms with Crippen LogP contribution in [0.5, 0.6) is 0 Å². The van der Waals surface area contributed by atoms with Crippen molar-refractivity contribution >= 4 is 33.2 Å². The molecule has 0 aliphatic carbocycles. The highest BCUT2D eigenvalue weighted by molar-refractivity contribution is 9.10. The highest BCUT2D eigenvalue weighted by Gasteiger charge is 2.11. The fourth-order valence-corrected chi connectivity index (χ4v) is 1.72. The van der Waals surface area contributed by atoms with Crippen molar-refractivity contribution in [1.29, 1.82) is 0 Å². The lowest BCUT2D eigenvalue weighted by Gasteiger charge is -2.18. The van der Waals surface area contributed by atoms with Gasteiger partial charge in [0.1, 0.15) is 0 Å². The Hall–Kier alpha value is -0.250. The van der Waals surface area contributed by atoms with E-state index in [1.54, 1.807) is 13.8 Å². The molecule has 0 saturated carbocycles. The van der Waals surface area contributed by atoms with Crippen LogP contribution in [-0.4, -0.2) is 17.3 Å². The van der Waals surface area contributed by atoms with Crippen LogP contribution in [0.15, 0.2) is 22.7 Å². The standard InChI is InChI=1S/C11H15BrClNO/c1-11(2,15)6-7-14-9-5-3-4-8(13)10(9)12/h3-5,14-15H,6-7H2,1-2H3. The van der Waals surface area contributed by atoms with Crippen LogP contribution in [0.2, 0.25) is 5.02 Å². The molecule has 0 heterocycles. The molecule has 0 saturated heterocycles. The van der Waals surface area contributed by atoms with Crippen LogP contribution in [0.4, 0.5) is 5.69 Å². The number of rotatable bonds is 4. The third-order valence-corrected chi connectivity index (χ3v) is 3.40. The molecule has 1 aromatic carbocycles. The minimum atomic E-state index is -0.641. The van der Waals surface area contributed by atoms with Gasteiger partial charge in [-0.3, -0.25) is 0 Å². The largest absolute Gasteiger partial charge is 0.390 e. The van der Waals surface area contributed by atoms with Crippen molar-refractivity contribution in [3.8, 4) is 0 Å².